The van der Waals surface area contributed by atoms with E-state index in [9.17, 15) is 0 Å². The number of hydrogen-bond acceptors (Lipinski definition) is 4. The molecule has 0 saturated carbocycles. The van der Waals surface area contributed by atoms with Crippen molar-refractivity contribution >= 4 is 11.3 Å². The van der Waals surface area contributed by atoms with Crippen molar-refractivity contribution < 1.29 is 0 Å². The number of nitrogens with one attached hydrogen (secondary N) is 1. The third-order valence-electron chi connectivity index (χ3n) is 2.42. The Labute approximate surface area is 93.0 Å². The minimum atomic E-state index is 0.351. The van der Waals surface area contributed by atoms with Gasteiger partial charge < -0.3 is 9.88 Å². The lowest BCUT2D eigenvalue weighted by atomic mass is 10.3. The highest BCUT2D eigenvalue weighted by atomic mass is 32.1. The molecule has 1 N–H and O–H groups in total. The van der Waals surface area contributed by atoms with Gasteiger partial charge in [0.05, 0.1) is 18.2 Å². The monoisotopic (exact) mass is 222 g/mol. The summed E-state index contributed by atoms with van der Waals surface area (Å²) in [6.45, 7) is 2.13. The van der Waals surface area contributed by atoms with Gasteiger partial charge >= 0.3 is 0 Å². The molecular weight excluding hydrogens is 208 g/mol. The van der Waals surface area contributed by atoms with Gasteiger partial charge in [0.1, 0.15) is 5.01 Å². The van der Waals surface area contributed by atoms with Crippen LogP contribution in [0.2, 0.25) is 0 Å². The van der Waals surface area contributed by atoms with Gasteiger partial charge in [-0.25, -0.2) is 9.97 Å². The minimum Gasteiger partial charge on any atom is -0.332 e. The summed E-state index contributed by atoms with van der Waals surface area (Å²) in [7, 11) is 3.93. The molecule has 0 radical (unpaired) electrons. The highest BCUT2D eigenvalue weighted by molar-refractivity contribution is 7.15. The average molecular weight is 222 g/mol. The molecule has 0 bridgehead atoms. The maximum Gasteiger partial charge on any atom is 0.141 e. The van der Waals surface area contributed by atoms with E-state index in [0.717, 1.165) is 10.7 Å². The van der Waals surface area contributed by atoms with Crippen LogP contribution in [0.4, 0.5) is 0 Å². The van der Waals surface area contributed by atoms with Gasteiger partial charge in [0, 0.05) is 24.2 Å². The number of aromatic nitrogens is 3. The van der Waals surface area contributed by atoms with Gasteiger partial charge in [-0.05, 0) is 14.0 Å². The summed E-state index contributed by atoms with van der Waals surface area (Å²) < 4.78 is 1.98. The second kappa shape index (κ2) is 4.12. The van der Waals surface area contributed by atoms with Crippen molar-refractivity contribution in [1.29, 1.82) is 0 Å². The fourth-order valence-corrected chi connectivity index (χ4v) is 2.34. The molecule has 0 saturated heterocycles. The summed E-state index contributed by atoms with van der Waals surface area (Å²) in [6, 6.07) is 0.351. The summed E-state index contributed by atoms with van der Waals surface area (Å²) in [4.78, 5) is 9.74. The zero-order valence-electron chi connectivity index (χ0n) is 9.06. The normalized spacial score (nSPS) is 13.0. The first-order valence-corrected chi connectivity index (χ1v) is 5.63. The molecule has 0 aromatic carbocycles. The number of rotatable bonds is 3. The largest absolute Gasteiger partial charge is 0.332 e. The van der Waals surface area contributed by atoms with Crippen LogP contribution >= 0.6 is 11.3 Å². The molecule has 1 unspecified atom stereocenters. The molecule has 2 aromatic heterocycles. The second-order valence-electron chi connectivity index (χ2n) is 3.47. The van der Waals surface area contributed by atoms with Crippen LogP contribution in [0.25, 0.3) is 10.7 Å². The predicted octanol–water partition coefficient (Wildman–Crippen LogP) is 1.82. The number of nitrogens with zero attached hydrogens (tertiary/aromatic N) is 3. The molecule has 15 heavy (non-hydrogen) atoms. The Morgan fingerprint density at radius 1 is 1.47 bits per heavy atom. The highest BCUT2D eigenvalue weighted by Crippen LogP contribution is 2.27. The van der Waals surface area contributed by atoms with Crippen LogP contribution in [0.15, 0.2) is 18.7 Å². The first-order chi connectivity index (χ1) is 7.22. The van der Waals surface area contributed by atoms with Crippen molar-refractivity contribution in [2.24, 2.45) is 7.05 Å². The number of thiazole rings is 1. The first kappa shape index (κ1) is 10.3. The lowest BCUT2D eigenvalue weighted by Gasteiger charge is -2.04. The van der Waals surface area contributed by atoms with E-state index in [1.807, 2.05) is 31.1 Å². The quantitative estimate of drug-likeness (QED) is 0.861. The Morgan fingerprint density at radius 3 is 2.87 bits per heavy atom. The number of aryl methyl sites for hydroxylation is 1. The van der Waals surface area contributed by atoms with E-state index in [1.54, 1.807) is 17.7 Å². The molecule has 0 aliphatic rings. The van der Waals surface area contributed by atoms with Crippen LogP contribution < -0.4 is 5.32 Å². The Kier molecular flexibility index (Phi) is 2.83. The summed E-state index contributed by atoms with van der Waals surface area (Å²) >= 11 is 1.70. The van der Waals surface area contributed by atoms with Gasteiger partial charge in [0.15, 0.2) is 0 Å². The van der Waals surface area contributed by atoms with Gasteiger partial charge in [0.2, 0.25) is 0 Å². The van der Waals surface area contributed by atoms with E-state index in [4.69, 9.17) is 0 Å². The molecule has 0 fully saturated rings. The van der Waals surface area contributed by atoms with Crippen molar-refractivity contribution in [3.63, 3.8) is 0 Å². The molecule has 0 aliphatic heterocycles. The predicted molar refractivity (Wildman–Crippen MR) is 61.8 cm³/mol. The van der Waals surface area contributed by atoms with E-state index >= 15 is 0 Å². The third kappa shape index (κ3) is 1.93. The molecule has 0 spiro atoms. The fourth-order valence-electron chi connectivity index (χ4n) is 1.31. The third-order valence-corrected chi connectivity index (χ3v) is 3.62. The van der Waals surface area contributed by atoms with Crippen molar-refractivity contribution in [2.45, 2.75) is 13.0 Å². The van der Waals surface area contributed by atoms with E-state index in [1.165, 1.54) is 4.88 Å². The van der Waals surface area contributed by atoms with E-state index in [2.05, 4.69) is 22.2 Å². The zero-order valence-corrected chi connectivity index (χ0v) is 9.88. The molecule has 4 nitrogen and oxygen atoms in total. The summed E-state index contributed by atoms with van der Waals surface area (Å²) in [5, 5.41) is 4.22. The lowest BCUT2D eigenvalue weighted by molar-refractivity contribution is 0.662. The van der Waals surface area contributed by atoms with E-state index in [0.29, 0.717) is 6.04 Å². The zero-order chi connectivity index (χ0) is 10.8. The van der Waals surface area contributed by atoms with Crippen molar-refractivity contribution in [3.05, 3.63) is 23.6 Å². The van der Waals surface area contributed by atoms with E-state index < -0.39 is 0 Å². The molecule has 0 aliphatic carbocycles. The molecule has 5 heteroatoms. The van der Waals surface area contributed by atoms with Crippen LogP contribution in [0.5, 0.6) is 0 Å². The Bertz CT molecular complexity index is 446. The molecule has 2 rings (SSSR count). The smallest absolute Gasteiger partial charge is 0.141 e. The standard InChI is InChI=1S/C10H14N4S/c1-7(11-2)9-5-13-10(15-9)8-4-12-6-14(8)3/h4-7,11H,1-3H3. The van der Waals surface area contributed by atoms with Crippen LogP contribution in [-0.2, 0) is 7.05 Å². The van der Waals surface area contributed by atoms with Gasteiger partial charge in [-0.3, -0.25) is 0 Å². The summed E-state index contributed by atoms with van der Waals surface area (Å²) in [6.07, 6.45) is 5.55. The van der Waals surface area contributed by atoms with Crippen LogP contribution in [-0.4, -0.2) is 21.6 Å². The molecule has 80 valence electrons. The van der Waals surface area contributed by atoms with Crippen molar-refractivity contribution in [3.8, 4) is 10.7 Å². The molecular formula is C10H14N4S. The Hall–Kier alpha value is -1.20. The molecule has 1 atom stereocenters. The highest BCUT2D eigenvalue weighted by Gasteiger charge is 2.11. The Balaban J connectivity index is 2.32. The fraction of sp³-hybridized carbons (Fsp3) is 0.400. The summed E-state index contributed by atoms with van der Waals surface area (Å²) in [5.74, 6) is 0. The first-order valence-electron chi connectivity index (χ1n) is 4.82. The van der Waals surface area contributed by atoms with Gasteiger partial charge in [-0.1, -0.05) is 0 Å². The average Bonchev–Trinajstić information content (AvgIpc) is 2.84. The van der Waals surface area contributed by atoms with E-state index in [-0.39, 0.29) is 0 Å². The van der Waals surface area contributed by atoms with Crippen molar-refractivity contribution in [2.75, 3.05) is 7.05 Å². The van der Waals surface area contributed by atoms with Crippen molar-refractivity contribution in [1.82, 2.24) is 19.9 Å². The number of hydrogen-bond donors (Lipinski definition) is 1. The van der Waals surface area contributed by atoms with Gasteiger partial charge in [0.25, 0.3) is 0 Å². The molecule has 2 heterocycles. The minimum absolute atomic E-state index is 0.351. The maximum atomic E-state index is 4.41. The SMILES string of the molecule is CNC(C)c1cnc(-c2cncn2C)s1. The van der Waals surface area contributed by atoms with Gasteiger partial charge in [-0.15, -0.1) is 11.3 Å². The molecule has 2 aromatic rings. The van der Waals surface area contributed by atoms with Crippen LogP contribution in [0.3, 0.4) is 0 Å². The van der Waals surface area contributed by atoms with Gasteiger partial charge in [-0.2, -0.15) is 0 Å². The topological polar surface area (TPSA) is 42.7 Å². The number of imidazole rings is 1. The lowest BCUT2D eigenvalue weighted by Crippen LogP contribution is -2.10. The Morgan fingerprint density at radius 2 is 2.27 bits per heavy atom. The maximum absolute atomic E-state index is 4.41. The molecule has 0 amide bonds. The van der Waals surface area contributed by atoms with Crippen LogP contribution in [0.1, 0.15) is 17.8 Å². The van der Waals surface area contributed by atoms with Crippen LogP contribution in [0, 0.1) is 0 Å². The second-order valence-corrected chi connectivity index (χ2v) is 4.53. The summed E-state index contributed by atoms with van der Waals surface area (Å²) in [5.41, 5.74) is 1.06.